The van der Waals surface area contributed by atoms with Gasteiger partial charge >= 0.3 is 6.03 Å². The first-order valence-corrected chi connectivity index (χ1v) is 12.3. The molecule has 0 saturated carbocycles. The molecule has 5 nitrogen and oxygen atoms in total. The number of para-hydroxylation sites is 1. The van der Waals surface area contributed by atoms with Crippen molar-refractivity contribution in [1.29, 1.82) is 0 Å². The highest BCUT2D eigenvalue weighted by Gasteiger charge is 2.40. The summed E-state index contributed by atoms with van der Waals surface area (Å²) < 4.78 is 0. The standard InChI is InChI=1S/C29H39N3O2/c1-20-9-8-10-23(28(5,6)7)25(20)30-26(33)32-17-15-29(16-18-32)19-24(31-34-29)21-11-13-22(14-12-21)27(2,3)4/h8-14,19,31H,15-18H2,1-7H3,(H,30,33). The number of benzene rings is 2. The fourth-order valence-corrected chi connectivity index (χ4v) is 4.75. The molecule has 2 aromatic carbocycles. The molecular formula is C29H39N3O2. The lowest BCUT2D eigenvalue weighted by atomic mass is 9.84. The first-order chi connectivity index (χ1) is 15.9. The average molecular weight is 462 g/mol. The summed E-state index contributed by atoms with van der Waals surface area (Å²) in [5.41, 5.74) is 9.49. The van der Waals surface area contributed by atoms with E-state index in [1.165, 1.54) is 5.56 Å². The van der Waals surface area contributed by atoms with Gasteiger partial charge in [-0.05, 0) is 46.1 Å². The van der Waals surface area contributed by atoms with Crippen molar-refractivity contribution in [2.75, 3.05) is 18.4 Å². The van der Waals surface area contributed by atoms with Gasteiger partial charge in [-0.25, -0.2) is 4.79 Å². The zero-order valence-electron chi connectivity index (χ0n) is 21.7. The lowest BCUT2D eigenvalue weighted by molar-refractivity contribution is -0.0634. The van der Waals surface area contributed by atoms with Crippen molar-refractivity contribution in [3.8, 4) is 0 Å². The van der Waals surface area contributed by atoms with Crippen LogP contribution >= 0.6 is 0 Å². The van der Waals surface area contributed by atoms with Gasteiger partial charge in [0.05, 0.1) is 5.70 Å². The van der Waals surface area contributed by atoms with Crippen LogP contribution in [-0.4, -0.2) is 29.6 Å². The molecule has 5 heteroatoms. The predicted octanol–water partition coefficient (Wildman–Crippen LogP) is 6.53. The average Bonchev–Trinajstić information content (AvgIpc) is 3.18. The summed E-state index contributed by atoms with van der Waals surface area (Å²) in [7, 11) is 0. The summed E-state index contributed by atoms with van der Waals surface area (Å²) in [5.74, 6) is 0. The largest absolute Gasteiger partial charge is 0.324 e. The number of piperidine rings is 1. The van der Waals surface area contributed by atoms with E-state index in [2.05, 4.69) is 108 Å². The highest BCUT2D eigenvalue weighted by Crippen LogP contribution is 2.36. The van der Waals surface area contributed by atoms with Crippen LogP contribution in [0.4, 0.5) is 10.5 Å². The van der Waals surface area contributed by atoms with Gasteiger partial charge in [0.25, 0.3) is 0 Å². The van der Waals surface area contributed by atoms with Gasteiger partial charge in [0, 0.05) is 31.6 Å². The number of carbonyl (C=O) groups excluding carboxylic acids is 1. The molecule has 2 aliphatic heterocycles. The molecule has 0 atom stereocenters. The minimum Gasteiger partial charge on any atom is -0.324 e. The number of hydrogen-bond donors (Lipinski definition) is 2. The number of hydroxylamine groups is 1. The maximum Gasteiger partial charge on any atom is 0.321 e. The van der Waals surface area contributed by atoms with Gasteiger partial charge in [0.15, 0.2) is 0 Å². The molecule has 1 fully saturated rings. The Morgan fingerprint density at radius 1 is 0.971 bits per heavy atom. The topological polar surface area (TPSA) is 53.6 Å². The van der Waals surface area contributed by atoms with Crippen LogP contribution in [-0.2, 0) is 15.7 Å². The fraction of sp³-hybridized carbons (Fsp3) is 0.483. The van der Waals surface area contributed by atoms with Gasteiger partial charge in [-0.15, -0.1) is 0 Å². The second kappa shape index (κ2) is 8.77. The Labute approximate surface area is 204 Å². The van der Waals surface area contributed by atoms with Gasteiger partial charge in [0.2, 0.25) is 0 Å². The summed E-state index contributed by atoms with van der Waals surface area (Å²) in [6, 6.07) is 14.9. The number of carbonyl (C=O) groups is 1. The normalized spacial score (nSPS) is 18.0. The second-order valence-electron chi connectivity index (χ2n) is 11.8. The molecule has 1 saturated heterocycles. The van der Waals surface area contributed by atoms with E-state index in [0.29, 0.717) is 13.1 Å². The van der Waals surface area contributed by atoms with Crippen LogP contribution < -0.4 is 10.8 Å². The number of amides is 2. The third-order valence-electron chi connectivity index (χ3n) is 7.04. The Morgan fingerprint density at radius 2 is 1.62 bits per heavy atom. The van der Waals surface area contributed by atoms with Crippen LogP contribution in [0.25, 0.3) is 5.70 Å². The quantitative estimate of drug-likeness (QED) is 0.534. The maximum atomic E-state index is 13.1. The van der Waals surface area contributed by atoms with Crippen molar-refractivity contribution in [3.05, 3.63) is 70.8 Å². The highest BCUT2D eigenvalue weighted by atomic mass is 16.7. The van der Waals surface area contributed by atoms with E-state index >= 15 is 0 Å². The Kier molecular flexibility index (Phi) is 6.28. The number of likely N-dealkylation sites (tertiary alicyclic amines) is 1. The van der Waals surface area contributed by atoms with Gasteiger partial charge in [0.1, 0.15) is 5.60 Å². The highest BCUT2D eigenvalue weighted by molar-refractivity contribution is 5.91. The smallest absolute Gasteiger partial charge is 0.321 e. The molecule has 2 N–H and O–H groups in total. The fourth-order valence-electron chi connectivity index (χ4n) is 4.75. The molecule has 34 heavy (non-hydrogen) atoms. The first-order valence-electron chi connectivity index (χ1n) is 12.3. The third-order valence-corrected chi connectivity index (χ3v) is 7.04. The molecule has 0 aliphatic carbocycles. The molecule has 0 radical (unpaired) electrons. The van der Waals surface area contributed by atoms with Crippen LogP contribution in [0.2, 0.25) is 0 Å². The van der Waals surface area contributed by atoms with Crippen LogP contribution in [0.3, 0.4) is 0 Å². The summed E-state index contributed by atoms with van der Waals surface area (Å²) >= 11 is 0. The van der Waals surface area contributed by atoms with E-state index in [-0.39, 0.29) is 22.5 Å². The molecule has 182 valence electrons. The number of anilines is 1. The number of nitrogens with one attached hydrogen (secondary N) is 2. The summed E-state index contributed by atoms with van der Waals surface area (Å²) in [6.45, 7) is 16.5. The lowest BCUT2D eigenvalue weighted by Crippen LogP contribution is -2.48. The molecule has 2 heterocycles. The van der Waals surface area contributed by atoms with Gasteiger partial charge in [-0.2, -0.15) is 0 Å². The first kappa shape index (κ1) is 24.3. The van der Waals surface area contributed by atoms with Crippen molar-refractivity contribution >= 4 is 17.4 Å². The van der Waals surface area contributed by atoms with Crippen molar-refractivity contribution in [2.45, 2.75) is 77.7 Å². The molecule has 1 spiro atoms. The van der Waals surface area contributed by atoms with Gasteiger partial charge < -0.3 is 10.2 Å². The second-order valence-corrected chi connectivity index (χ2v) is 11.8. The molecule has 0 unspecified atom stereocenters. The van der Waals surface area contributed by atoms with E-state index in [1.807, 2.05) is 4.90 Å². The van der Waals surface area contributed by atoms with E-state index in [0.717, 1.165) is 40.9 Å². The number of urea groups is 1. The van der Waals surface area contributed by atoms with Crippen molar-refractivity contribution in [3.63, 3.8) is 0 Å². The summed E-state index contributed by atoms with van der Waals surface area (Å²) in [4.78, 5) is 21.1. The Bertz CT molecular complexity index is 1080. The van der Waals surface area contributed by atoms with E-state index < -0.39 is 0 Å². The van der Waals surface area contributed by atoms with E-state index in [1.54, 1.807) is 0 Å². The SMILES string of the molecule is Cc1cccc(C(C)(C)C)c1NC(=O)N1CCC2(C=C(c3ccc(C(C)(C)C)cc3)NO2)CC1. The molecule has 2 aromatic rings. The molecule has 0 aromatic heterocycles. The Morgan fingerprint density at radius 3 is 2.21 bits per heavy atom. The zero-order valence-corrected chi connectivity index (χ0v) is 21.7. The van der Waals surface area contributed by atoms with Crippen LogP contribution in [0.1, 0.15) is 76.6 Å². The third kappa shape index (κ3) is 5.00. The van der Waals surface area contributed by atoms with Crippen molar-refractivity contribution < 1.29 is 9.63 Å². The van der Waals surface area contributed by atoms with Gasteiger partial charge in [-0.3, -0.25) is 10.3 Å². The van der Waals surface area contributed by atoms with Crippen molar-refractivity contribution in [1.82, 2.24) is 10.4 Å². The minimum absolute atomic E-state index is 0.0393. The maximum absolute atomic E-state index is 13.1. The van der Waals surface area contributed by atoms with Crippen LogP contribution in [0, 0.1) is 6.92 Å². The number of rotatable bonds is 2. The molecule has 0 bridgehead atoms. The Balaban J connectivity index is 1.42. The Hall–Kier alpha value is -2.79. The summed E-state index contributed by atoms with van der Waals surface area (Å²) in [5, 5.41) is 3.20. The predicted molar refractivity (Wildman–Crippen MR) is 140 cm³/mol. The summed E-state index contributed by atoms with van der Waals surface area (Å²) in [6.07, 6.45) is 3.72. The lowest BCUT2D eigenvalue weighted by Gasteiger charge is -2.37. The molecule has 2 aliphatic rings. The number of hydrogen-bond acceptors (Lipinski definition) is 3. The van der Waals surface area contributed by atoms with E-state index in [4.69, 9.17) is 4.84 Å². The molecule has 4 rings (SSSR count). The van der Waals surface area contributed by atoms with Crippen LogP contribution in [0.15, 0.2) is 48.5 Å². The monoisotopic (exact) mass is 461 g/mol. The number of nitrogens with zero attached hydrogens (tertiary/aromatic N) is 1. The van der Waals surface area contributed by atoms with E-state index in [9.17, 15) is 4.79 Å². The minimum atomic E-state index is -0.367. The molecular weight excluding hydrogens is 422 g/mol. The molecule has 2 amide bonds. The van der Waals surface area contributed by atoms with Crippen molar-refractivity contribution in [2.24, 2.45) is 0 Å². The number of aryl methyl sites for hydroxylation is 1. The zero-order chi connectivity index (χ0) is 24.7. The van der Waals surface area contributed by atoms with Gasteiger partial charge in [-0.1, -0.05) is 84.0 Å². The van der Waals surface area contributed by atoms with Crippen LogP contribution in [0.5, 0.6) is 0 Å².